The lowest BCUT2D eigenvalue weighted by molar-refractivity contribution is 0.177. The van der Waals surface area contributed by atoms with Crippen molar-refractivity contribution in [3.63, 3.8) is 0 Å². The van der Waals surface area contributed by atoms with E-state index in [1.807, 2.05) is 12.1 Å². The van der Waals surface area contributed by atoms with Gasteiger partial charge in [0.15, 0.2) is 0 Å². The predicted octanol–water partition coefficient (Wildman–Crippen LogP) is 3.49. The smallest absolute Gasteiger partial charge is 0.147 e. The second-order valence-corrected chi connectivity index (χ2v) is 5.25. The van der Waals surface area contributed by atoms with Crippen LogP contribution in [0.1, 0.15) is 17.4 Å². The van der Waals surface area contributed by atoms with E-state index >= 15 is 0 Å². The van der Waals surface area contributed by atoms with Crippen LogP contribution in [0.2, 0.25) is 5.02 Å². The van der Waals surface area contributed by atoms with Crippen LogP contribution in [-0.4, -0.2) is 31.1 Å². The van der Waals surface area contributed by atoms with Crippen molar-refractivity contribution in [1.82, 2.24) is 10.2 Å². The highest BCUT2D eigenvalue weighted by molar-refractivity contribution is 6.30. The molecule has 0 saturated carbocycles. The highest BCUT2D eigenvalue weighted by Crippen LogP contribution is 2.33. The summed E-state index contributed by atoms with van der Waals surface area (Å²) in [6.07, 6.45) is 1.62. The van der Waals surface area contributed by atoms with Crippen LogP contribution in [0.4, 0.5) is 4.39 Å². The van der Waals surface area contributed by atoms with Crippen LogP contribution >= 0.6 is 24.0 Å². The number of benzene rings is 1. The first-order valence-corrected chi connectivity index (χ1v) is 7.07. The molecule has 6 heteroatoms. The van der Waals surface area contributed by atoms with Crippen molar-refractivity contribution < 1.29 is 8.81 Å². The van der Waals surface area contributed by atoms with Gasteiger partial charge in [-0.3, -0.25) is 4.90 Å². The molecule has 1 atom stereocenters. The summed E-state index contributed by atoms with van der Waals surface area (Å²) in [4.78, 5) is 2.21. The van der Waals surface area contributed by atoms with Crippen molar-refractivity contribution in [3.8, 4) is 0 Å². The summed E-state index contributed by atoms with van der Waals surface area (Å²) in [5, 5.41) is 3.45. The number of hydrogen-bond donors (Lipinski definition) is 1. The van der Waals surface area contributed by atoms with Gasteiger partial charge in [0.1, 0.15) is 11.6 Å². The van der Waals surface area contributed by atoms with E-state index in [0.29, 0.717) is 5.56 Å². The number of furan rings is 1. The van der Waals surface area contributed by atoms with E-state index in [2.05, 4.69) is 10.2 Å². The zero-order chi connectivity index (χ0) is 13.9. The Hall–Kier alpha value is -1.07. The molecule has 1 fully saturated rings. The topological polar surface area (TPSA) is 28.4 Å². The molecule has 0 aliphatic carbocycles. The van der Waals surface area contributed by atoms with Gasteiger partial charge in [-0.25, -0.2) is 4.39 Å². The molecule has 21 heavy (non-hydrogen) atoms. The number of rotatable bonds is 3. The minimum absolute atomic E-state index is 0. The average Bonchev–Trinajstić information content (AvgIpc) is 2.99. The fourth-order valence-electron chi connectivity index (χ4n) is 2.65. The minimum atomic E-state index is -0.367. The zero-order valence-electron chi connectivity index (χ0n) is 11.4. The maximum atomic E-state index is 14.4. The second kappa shape index (κ2) is 7.27. The third-order valence-electron chi connectivity index (χ3n) is 3.61. The Morgan fingerprint density at radius 3 is 2.62 bits per heavy atom. The van der Waals surface area contributed by atoms with E-state index in [9.17, 15) is 4.39 Å². The van der Waals surface area contributed by atoms with Crippen LogP contribution in [0.25, 0.3) is 0 Å². The Morgan fingerprint density at radius 1 is 1.19 bits per heavy atom. The molecule has 1 N–H and O–H groups in total. The van der Waals surface area contributed by atoms with Crippen LogP contribution in [0, 0.1) is 5.82 Å². The first kappa shape index (κ1) is 16.3. The van der Waals surface area contributed by atoms with E-state index in [0.717, 1.165) is 31.9 Å². The monoisotopic (exact) mass is 330 g/mol. The summed E-state index contributed by atoms with van der Waals surface area (Å²) in [5.41, 5.74) is 0.564. The quantitative estimate of drug-likeness (QED) is 0.933. The number of halogens is 3. The van der Waals surface area contributed by atoms with Gasteiger partial charge in [-0.15, -0.1) is 12.4 Å². The summed E-state index contributed by atoms with van der Waals surface area (Å²) < 4.78 is 19.9. The zero-order valence-corrected chi connectivity index (χ0v) is 13.0. The molecule has 3 rings (SSSR count). The number of piperazine rings is 1. The van der Waals surface area contributed by atoms with Gasteiger partial charge in [-0.2, -0.15) is 0 Å². The number of nitrogens with one attached hydrogen (secondary N) is 1. The molecule has 0 bridgehead atoms. The molecule has 0 radical (unpaired) electrons. The van der Waals surface area contributed by atoms with E-state index in [4.69, 9.17) is 16.0 Å². The molecular formula is C15H17Cl2FN2O. The highest BCUT2D eigenvalue weighted by atomic mass is 35.5. The first-order valence-electron chi connectivity index (χ1n) is 6.69. The summed E-state index contributed by atoms with van der Waals surface area (Å²) in [6, 6.07) is 8.60. The summed E-state index contributed by atoms with van der Waals surface area (Å²) in [7, 11) is 0. The van der Waals surface area contributed by atoms with Crippen LogP contribution in [-0.2, 0) is 0 Å². The molecule has 1 saturated heterocycles. The maximum absolute atomic E-state index is 14.4. The predicted molar refractivity (Wildman–Crippen MR) is 83.7 cm³/mol. The molecule has 1 aromatic heterocycles. The normalized spacial score (nSPS) is 17.2. The van der Waals surface area contributed by atoms with Gasteiger partial charge in [0, 0.05) is 31.7 Å². The van der Waals surface area contributed by atoms with Gasteiger partial charge < -0.3 is 9.73 Å². The lowest BCUT2D eigenvalue weighted by Gasteiger charge is -2.34. The summed E-state index contributed by atoms with van der Waals surface area (Å²) in [5.74, 6) is 0.377. The molecule has 114 valence electrons. The van der Waals surface area contributed by atoms with E-state index < -0.39 is 0 Å². The molecule has 2 heterocycles. The molecule has 0 amide bonds. The highest BCUT2D eigenvalue weighted by Gasteiger charge is 2.28. The summed E-state index contributed by atoms with van der Waals surface area (Å²) >= 11 is 5.92. The van der Waals surface area contributed by atoms with Gasteiger partial charge in [-0.1, -0.05) is 23.7 Å². The lowest BCUT2D eigenvalue weighted by Crippen LogP contribution is -2.45. The van der Waals surface area contributed by atoms with Gasteiger partial charge in [0.25, 0.3) is 0 Å². The Bertz CT molecular complexity index is 571. The van der Waals surface area contributed by atoms with Crippen LogP contribution < -0.4 is 5.32 Å². The van der Waals surface area contributed by atoms with Gasteiger partial charge in [-0.05, 0) is 18.2 Å². The average molecular weight is 331 g/mol. The van der Waals surface area contributed by atoms with Gasteiger partial charge in [0.05, 0.1) is 17.3 Å². The van der Waals surface area contributed by atoms with Gasteiger partial charge >= 0.3 is 0 Å². The number of nitrogens with zero attached hydrogens (tertiary/aromatic N) is 1. The maximum Gasteiger partial charge on any atom is 0.147 e. The van der Waals surface area contributed by atoms with Crippen molar-refractivity contribution in [2.75, 3.05) is 26.2 Å². The van der Waals surface area contributed by atoms with E-state index in [1.165, 1.54) is 0 Å². The first-order chi connectivity index (χ1) is 9.77. The van der Waals surface area contributed by atoms with Crippen molar-refractivity contribution in [3.05, 3.63) is 58.8 Å². The van der Waals surface area contributed by atoms with E-state index in [1.54, 1.807) is 24.5 Å². The Kier molecular flexibility index (Phi) is 5.65. The standard InChI is InChI=1S/C15H16ClFN2O.ClH/c16-12-4-1-3-11(14(12)17)15(13-5-2-10-20-13)19-8-6-18-7-9-19;/h1-5,10,15,18H,6-9H2;1H/t15-;/m0./s1. The molecule has 2 aromatic rings. The summed E-state index contributed by atoms with van der Waals surface area (Å²) in [6.45, 7) is 3.47. The SMILES string of the molecule is Cl.Fc1c(Cl)cccc1[C@@H](c1ccco1)N1CCNCC1. The molecule has 0 unspecified atom stereocenters. The molecule has 1 aliphatic heterocycles. The lowest BCUT2D eigenvalue weighted by atomic mass is 10.0. The Morgan fingerprint density at radius 2 is 1.95 bits per heavy atom. The number of hydrogen-bond acceptors (Lipinski definition) is 3. The third kappa shape index (κ3) is 3.40. The fraction of sp³-hybridized carbons (Fsp3) is 0.333. The second-order valence-electron chi connectivity index (χ2n) is 4.85. The van der Waals surface area contributed by atoms with E-state index in [-0.39, 0.29) is 29.3 Å². The molecule has 1 aliphatic rings. The minimum Gasteiger partial charge on any atom is -0.467 e. The molecule has 1 aromatic carbocycles. The van der Waals surface area contributed by atoms with Crippen molar-refractivity contribution in [2.45, 2.75) is 6.04 Å². The van der Waals surface area contributed by atoms with Crippen molar-refractivity contribution in [1.29, 1.82) is 0 Å². The van der Waals surface area contributed by atoms with Crippen molar-refractivity contribution in [2.24, 2.45) is 0 Å². The van der Waals surface area contributed by atoms with Gasteiger partial charge in [0.2, 0.25) is 0 Å². The fourth-order valence-corrected chi connectivity index (χ4v) is 2.83. The Balaban J connectivity index is 0.00000161. The van der Waals surface area contributed by atoms with Crippen LogP contribution in [0.5, 0.6) is 0 Å². The Labute approximate surface area is 134 Å². The van der Waals surface area contributed by atoms with Crippen molar-refractivity contribution >= 4 is 24.0 Å². The molecule has 3 nitrogen and oxygen atoms in total. The van der Waals surface area contributed by atoms with Crippen LogP contribution in [0.15, 0.2) is 41.0 Å². The third-order valence-corrected chi connectivity index (χ3v) is 3.90. The molecule has 0 spiro atoms. The largest absolute Gasteiger partial charge is 0.467 e. The molecular weight excluding hydrogens is 314 g/mol. The van der Waals surface area contributed by atoms with Crippen LogP contribution in [0.3, 0.4) is 0 Å².